The van der Waals surface area contributed by atoms with Crippen molar-refractivity contribution in [2.24, 2.45) is 0 Å². The van der Waals surface area contributed by atoms with E-state index in [0.717, 1.165) is 16.7 Å². The van der Waals surface area contributed by atoms with Crippen LogP contribution in [0.15, 0.2) is 18.2 Å². The third kappa shape index (κ3) is 4.90. The number of ether oxygens (including phenoxy) is 6. The zero-order chi connectivity index (χ0) is 38.7. The van der Waals surface area contributed by atoms with Crippen LogP contribution in [0, 0.1) is 25.2 Å². The first-order valence-corrected chi connectivity index (χ1v) is 19.4. The Kier molecular flexibility index (Phi) is 8.36. The van der Waals surface area contributed by atoms with Gasteiger partial charge in [0.15, 0.2) is 40.0 Å². The fourth-order valence-electron chi connectivity index (χ4n) is 10.2. The van der Waals surface area contributed by atoms with Crippen LogP contribution in [0.2, 0.25) is 0 Å². The van der Waals surface area contributed by atoms with E-state index in [2.05, 4.69) is 21.2 Å². The Bertz CT molecular complexity index is 2220. The number of phenols is 2. The number of nitrogens with zero attached hydrogens (tertiary/aromatic N) is 3. The normalized spacial score (nSPS) is 28.9. The molecule has 0 saturated carbocycles. The molecule has 1 spiro atoms. The number of methoxy groups -OCH3 is 2. The molecule has 2 saturated heterocycles. The molecule has 10 rings (SSSR count). The van der Waals surface area contributed by atoms with Gasteiger partial charge in [-0.05, 0) is 68.1 Å². The molecule has 0 aliphatic carbocycles. The molecular weight excluding hydrogens is 729 g/mol. The van der Waals surface area contributed by atoms with Gasteiger partial charge in [-0.15, -0.1) is 11.8 Å². The van der Waals surface area contributed by atoms with Crippen molar-refractivity contribution in [3.63, 3.8) is 0 Å². The molecule has 7 aliphatic rings. The number of aromatic hydroxyl groups is 2. The lowest BCUT2D eigenvalue weighted by Crippen LogP contribution is -2.69. The second-order valence-corrected chi connectivity index (χ2v) is 16.2. The van der Waals surface area contributed by atoms with Gasteiger partial charge in [-0.2, -0.15) is 5.26 Å². The largest absolute Gasteiger partial charge is 0.504 e. The van der Waals surface area contributed by atoms with E-state index in [4.69, 9.17) is 28.4 Å². The molecule has 14 nitrogen and oxygen atoms in total. The molecule has 3 aromatic rings. The average molecular weight is 771 g/mol. The van der Waals surface area contributed by atoms with Gasteiger partial charge in [0.05, 0.1) is 37.6 Å². The number of piperazine rings is 1. The Morgan fingerprint density at radius 1 is 1.05 bits per heavy atom. The summed E-state index contributed by atoms with van der Waals surface area (Å²) in [6, 6.07) is 5.28. The van der Waals surface area contributed by atoms with Crippen LogP contribution in [0.3, 0.4) is 0 Å². The molecule has 2 unspecified atom stereocenters. The number of hydrogen-bond acceptors (Lipinski definition) is 15. The second-order valence-electron chi connectivity index (χ2n) is 15.1. The Balaban J connectivity index is 1.33. The van der Waals surface area contributed by atoms with E-state index in [0.29, 0.717) is 70.2 Å². The smallest absolute Gasteiger partial charge is 0.331 e. The van der Waals surface area contributed by atoms with E-state index in [9.17, 15) is 25.1 Å². The molecule has 0 aromatic heterocycles. The standard InChI is InChI=1S/C40H42N4O10S/c1-17-9-21-10-23-24(13-41)44-25-14-51-39(48)40(22-12-27(49-5)26(46)11-20(22)7-8-42-40)15-55-38(32(44)31(43(23)4)28(21)33(47)34(17)50-6)30-29(25)37-36(52-16-53-37)18(2)35(30)54-19(3)45/h9,11-12,23-25,31-32,38,42,46-47H,7-8,10,14-16H2,1-6H3/t23-,24-,25?,31+,32?,38+,40+/m0/s1. The summed E-state index contributed by atoms with van der Waals surface area (Å²) in [7, 11) is 4.99. The minimum absolute atomic E-state index is 0.0239. The summed E-state index contributed by atoms with van der Waals surface area (Å²) in [5, 5.41) is 36.9. The van der Waals surface area contributed by atoms with Crippen LogP contribution in [0.4, 0.5) is 0 Å². The van der Waals surface area contributed by atoms with Gasteiger partial charge in [0.25, 0.3) is 0 Å². The summed E-state index contributed by atoms with van der Waals surface area (Å²) in [5.41, 5.74) is 4.41. The monoisotopic (exact) mass is 770 g/mol. The summed E-state index contributed by atoms with van der Waals surface area (Å²) >= 11 is 1.48. The molecule has 3 aromatic carbocycles. The third-order valence-electron chi connectivity index (χ3n) is 12.4. The highest BCUT2D eigenvalue weighted by molar-refractivity contribution is 7.99. The molecule has 2 fully saturated rings. The predicted molar refractivity (Wildman–Crippen MR) is 198 cm³/mol. The van der Waals surface area contributed by atoms with Gasteiger partial charge in [0.1, 0.15) is 18.4 Å². The van der Waals surface area contributed by atoms with Gasteiger partial charge >= 0.3 is 11.9 Å². The average Bonchev–Trinajstić information content (AvgIpc) is 3.65. The maximum absolute atomic E-state index is 14.7. The Morgan fingerprint density at radius 2 is 1.84 bits per heavy atom. The summed E-state index contributed by atoms with van der Waals surface area (Å²) in [6.45, 7) is 5.28. The van der Waals surface area contributed by atoms with Crippen molar-refractivity contribution in [2.45, 2.75) is 74.6 Å². The number of carbonyl (C=O) groups is 2. The van der Waals surface area contributed by atoms with Crippen molar-refractivity contribution in [1.82, 2.24) is 15.1 Å². The van der Waals surface area contributed by atoms with Crippen molar-refractivity contribution in [3.05, 3.63) is 62.7 Å². The number of esters is 2. The number of benzene rings is 3. The molecule has 0 amide bonds. The highest BCUT2D eigenvalue weighted by atomic mass is 32.2. The van der Waals surface area contributed by atoms with Gasteiger partial charge < -0.3 is 38.6 Å². The van der Waals surface area contributed by atoms with Crippen molar-refractivity contribution in [2.75, 3.05) is 47.0 Å². The molecule has 7 atom stereocenters. The number of aryl methyl sites for hydroxylation is 1. The van der Waals surface area contributed by atoms with Crippen LogP contribution >= 0.6 is 11.8 Å². The van der Waals surface area contributed by atoms with Crippen LogP contribution in [-0.2, 0) is 32.7 Å². The van der Waals surface area contributed by atoms with E-state index >= 15 is 0 Å². The maximum Gasteiger partial charge on any atom is 0.331 e. The first kappa shape index (κ1) is 35.8. The summed E-state index contributed by atoms with van der Waals surface area (Å²) in [6.07, 6.45) is 1.05. The number of nitrogens with one attached hydrogen (secondary N) is 1. The first-order chi connectivity index (χ1) is 26.4. The van der Waals surface area contributed by atoms with Crippen molar-refractivity contribution < 1.29 is 48.2 Å². The molecular formula is C40H42N4O10S. The van der Waals surface area contributed by atoms with Gasteiger partial charge in [0, 0.05) is 53.6 Å². The minimum atomic E-state index is -1.36. The van der Waals surface area contributed by atoms with Gasteiger partial charge in [-0.1, -0.05) is 6.07 Å². The number of thioether (sulfide) groups is 1. The lowest BCUT2D eigenvalue weighted by Gasteiger charge is -2.62. The maximum atomic E-state index is 14.7. The highest BCUT2D eigenvalue weighted by Gasteiger charge is 2.62. The summed E-state index contributed by atoms with van der Waals surface area (Å²) in [5.74, 6) is 0.973. The SMILES string of the molecule is COc1cc2c(cc1O)CCN[C@]21CS[C@@H]2c3c(OC(C)=O)c(C)c4c(c3C(COC1=O)N1C2[C@H]2c3c(cc(C)c(OC)c3O)C[C@@H]([C@@H]1C#N)N2C)OCO4. The van der Waals surface area contributed by atoms with Gasteiger partial charge in [0.2, 0.25) is 6.79 Å². The van der Waals surface area contributed by atoms with Crippen molar-refractivity contribution in [3.8, 4) is 46.3 Å². The quantitative estimate of drug-likeness (QED) is 0.258. The van der Waals surface area contributed by atoms with E-state index in [1.165, 1.54) is 32.9 Å². The lowest BCUT2D eigenvalue weighted by atomic mass is 9.71. The molecule has 0 radical (unpaired) electrons. The fraction of sp³-hybridized carbons (Fsp3) is 0.475. The molecule has 4 bridgehead atoms. The number of likely N-dealkylation sites (N-methyl/N-ethyl adjacent to an activating group) is 1. The number of carbonyl (C=O) groups excluding carboxylic acids is 2. The van der Waals surface area contributed by atoms with E-state index in [-0.39, 0.29) is 42.4 Å². The number of phenolic OH excluding ortho intramolecular Hbond substituents is 2. The fourth-order valence-corrected chi connectivity index (χ4v) is 11.9. The zero-order valence-corrected chi connectivity index (χ0v) is 32.2. The Hall–Kier alpha value is -4.88. The van der Waals surface area contributed by atoms with Crippen LogP contribution in [-0.4, -0.2) is 97.0 Å². The molecule has 7 heterocycles. The van der Waals surface area contributed by atoms with Crippen LogP contribution < -0.4 is 29.0 Å². The molecule has 288 valence electrons. The predicted octanol–water partition coefficient (Wildman–Crippen LogP) is 3.99. The van der Waals surface area contributed by atoms with Crippen molar-refractivity contribution in [1.29, 1.82) is 5.26 Å². The number of fused-ring (bicyclic) bond motifs is 9. The molecule has 15 heteroatoms. The van der Waals surface area contributed by atoms with Crippen LogP contribution in [0.1, 0.15) is 68.8 Å². The second kappa shape index (κ2) is 12.8. The van der Waals surface area contributed by atoms with Gasteiger partial charge in [-0.25, -0.2) is 4.79 Å². The first-order valence-electron chi connectivity index (χ1n) is 18.3. The summed E-state index contributed by atoms with van der Waals surface area (Å²) in [4.78, 5) is 32.0. The number of hydrogen-bond donors (Lipinski definition) is 3. The molecule has 55 heavy (non-hydrogen) atoms. The van der Waals surface area contributed by atoms with Crippen molar-refractivity contribution >= 4 is 23.7 Å². The molecule has 3 N–H and O–H groups in total. The summed E-state index contributed by atoms with van der Waals surface area (Å²) < 4.78 is 36.1. The third-order valence-corrected chi connectivity index (χ3v) is 13.9. The number of rotatable bonds is 3. The highest BCUT2D eigenvalue weighted by Crippen LogP contribution is 2.64. The van der Waals surface area contributed by atoms with Crippen LogP contribution in [0.25, 0.3) is 0 Å². The van der Waals surface area contributed by atoms with Crippen LogP contribution in [0.5, 0.6) is 40.2 Å². The Labute approximate surface area is 322 Å². The Morgan fingerprint density at radius 3 is 2.56 bits per heavy atom. The zero-order valence-electron chi connectivity index (χ0n) is 31.3. The topological polar surface area (TPSA) is 172 Å². The minimum Gasteiger partial charge on any atom is -0.504 e. The van der Waals surface area contributed by atoms with E-state index in [1.807, 2.05) is 27.0 Å². The number of nitriles is 1. The lowest BCUT2D eigenvalue weighted by molar-refractivity contribution is -0.157. The van der Waals surface area contributed by atoms with E-state index in [1.54, 1.807) is 12.1 Å². The van der Waals surface area contributed by atoms with E-state index < -0.39 is 46.9 Å². The molecule has 7 aliphatic heterocycles. The van der Waals surface area contributed by atoms with Gasteiger partial charge in [-0.3, -0.25) is 19.9 Å².